The zero-order valence-corrected chi connectivity index (χ0v) is 10.2. The maximum absolute atomic E-state index is 6.22. The molecule has 2 bridgehead atoms. The minimum absolute atomic E-state index is 0.296. The first-order valence-corrected chi connectivity index (χ1v) is 6.75. The van der Waals surface area contributed by atoms with Crippen molar-refractivity contribution in [1.82, 2.24) is 0 Å². The van der Waals surface area contributed by atoms with E-state index in [0.717, 1.165) is 24.9 Å². The topological polar surface area (TPSA) is 35.2 Å². The molecule has 0 saturated heterocycles. The lowest BCUT2D eigenvalue weighted by Crippen LogP contribution is -2.41. The van der Waals surface area contributed by atoms with E-state index in [1.807, 2.05) is 0 Å². The second-order valence-electron chi connectivity index (χ2n) is 5.48. The van der Waals surface area contributed by atoms with Gasteiger partial charge in [0, 0.05) is 6.04 Å². The summed E-state index contributed by atoms with van der Waals surface area (Å²) in [6.45, 7) is 0.811. The van der Waals surface area contributed by atoms with Crippen molar-refractivity contribution >= 4 is 0 Å². The molecule has 2 N–H and O–H groups in total. The largest absolute Gasteiger partial charge is 0.376 e. The molecule has 0 spiro atoms. The number of nitrogens with two attached hydrogens (primary N) is 1. The molecule has 92 valence electrons. The summed E-state index contributed by atoms with van der Waals surface area (Å²) in [7, 11) is 0. The molecule has 0 amide bonds. The smallest absolute Gasteiger partial charge is 0.0756 e. The van der Waals surface area contributed by atoms with Crippen LogP contribution in [-0.2, 0) is 11.2 Å². The molecule has 1 aromatic carbocycles. The Morgan fingerprint density at radius 1 is 1.12 bits per heavy atom. The third-order valence-corrected chi connectivity index (χ3v) is 4.45. The predicted octanol–water partition coefficient (Wildman–Crippen LogP) is 2.37. The molecule has 2 aliphatic rings. The quantitative estimate of drug-likeness (QED) is 0.863. The zero-order valence-electron chi connectivity index (χ0n) is 10.2. The van der Waals surface area contributed by atoms with E-state index in [2.05, 4.69) is 30.3 Å². The van der Waals surface area contributed by atoms with Gasteiger partial charge in [-0.05, 0) is 43.1 Å². The van der Waals surface area contributed by atoms with E-state index >= 15 is 0 Å². The molecule has 3 rings (SSSR count). The van der Waals surface area contributed by atoms with Crippen molar-refractivity contribution in [2.45, 2.75) is 37.8 Å². The Hall–Kier alpha value is -0.860. The molecule has 0 heterocycles. The second-order valence-corrected chi connectivity index (χ2v) is 5.48. The molecule has 4 unspecified atom stereocenters. The standard InChI is InChI=1S/C15H21NO/c16-14-12-6-7-13(10-12)15(14)17-9-8-11-4-2-1-3-5-11/h1-5,12-15H,6-10,16H2. The average molecular weight is 231 g/mol. The van der Waals surface area contributed by atoms with E-state index in [4.69, 9.17) is 10.5 Å². The fourth-order valence-corrected chi connectivity index (χ4v) is 3.49. The average Bonchev–Trinajstić information content (AvgIpc) is 2.94. The molecule has 0 radical (unpaired) electrons. The van der Waals surface area contributed by atoms with E-state index in [1.165, 1.54) is 24.8 Å². The van der Waals surface area contributed by atoms with Gasteiger partial charge in [0.15, 0.2) is 0 Å². The molecule has 2 aliphatic carbocycles. The van der Waals surface area contributed by atoms with Crippen LogP contribution >= 0.6 is 0 Å². The molecule has 1 aromatic rings. The van der Waals surface area contributed by atoms with Crippen molar-refractivity contribution in [2.75, 3.05) is 6.61 Å². The number of fused-ring (bicyclic) bond motifs is 2. The third-order valence-electron chi connectivity index (χ3n) is 4.45. The molecular formula is C15H21NO. The first-order chi connectivity index (χ1) is 8.34. The number of hydrogen-bond donors (Lipinski definition) is 1. The summed E-state index contributed by atoms with van der Waals surface area (Å²) in [6, 6.07) is 10.8. The van der Waals surface area contributed by atoms with Crippen LogP contribution in [0.15, 0.2) is 30.3 Å². The monoisotopic (exact) mass is 231 g/mol. The van der Waals surface area contributed by atoms with E-state index in [-0.39, 0.29) is 0 Å². The minimum atomic E-state index is 0.296. The molecule has 2 fully saturated rings. The number of rotatable bonds is 4. The normalized spacial score (nSPS) is 35.4. The summed E-state index contributed by atoms with van der Waals surface area (Å²) < 4.78 is 6.03. The lowest BCUT2D eigenvalue weighted by Gasteiger charge is -2.28. The van der Waals surface area contributed by atoms with Gasteiger partial charge < -0.3 is 10.5 Å². The fraction of sp³-hybridized carbons (Fsp3) is 0.600. The number of ether oxygens (including phenoxy) is 1. The van der Waals surface area contributed by atoms with Gasteiger partial charge in [0.2, 0.25) is 0 Å². The Bertz CT molecular complexity index is 362. The van der Waals surface area contributed by atoms with Gasteiger partial charge in [-0.1, -0.05) is 30.3 Å². The number of benzene rings is 1. The highest BCUT2D eigenvalue weighted by Crippen LogP contribution is 2.45. The lowest BCUT2D eigenvalue weighted by atomic mass is 9.93. The Morgan fingerprint density at radius 3 is 2.59 bits per heavy atom. The maximum atomic E-state index is 6.22. The summed E-state index contributed by atoms with van der Waals surface area (Å²) in [5.41, 5.74) is 7.57. The van der Waals surface area contributed by atoms with Crippen molar-refractivity contribution < 1.29 is 4.74 Å². The molecule has 2 heteroatoms. The van der Waals surface area contributed by atoms with Crippen LogP contribution in [0.3, 0.4) is 0 Å². The predicted molar refractivity (Wildman–Crippen MR) is 68.7 cm³/mol. The van der Waals surface area contributed by atoms with E-state index in [1.54, 1.807) is 0 Å². The highest BCUT2D eigenvalue weighted by Gasteiger charge is 2.46. The van der Waals surface area contributed by atoms with Gasteiger partial charge in [-0.15, -0.1) is 0 Å². The van der Waals surface area contributed by atoms with Crippen molar-refractivity contribution in [3.8, 4) is 0 Å². The molecule has 4 atom stereocenters. The van der Waals surface area contributed by atoms with Crippen molar-refractivity contribution in [3.63, 3.8) is 0 Å². The fourth-order valence-electron chi connectivity index (χ4n) is 3.49. The van der Waals surface area contributed by atoms with Gasteiger partial charge in [0.25, 0.3) is 0 Å². The second kappa shape index (κ2) is 4.79. The van der Waals surface area contributed by atoms with Crippen LogP contribution in [0.1, 0.15) is 24.8 Å². The van der Waals surface area contributed by atoms with Crippen molar-refractivity contribution in [2.24, 2.45) is 17.6 Å². The Morgan fingerprint density at radius 2 is 1.88 bits per heavy atom. The highest BCUT2D eigenvalue weighted by molar-refractivity contribution is 5.14. The minimum Gasteiger partial charge on any atom is -0.376 e. The van der Waals surface area contributed by atoms with Crippen molar-refractivity contribution in [3.05, 3.63) is 35.9 Å². The Kier molecular flexibility index (Phi) is 3.17. The Balaban J connectivity index is 1.49. The first-order valence-electron chi connectivity index (χ1n) is 6.75. The van der Waals surface area contributed by atoms with Crippen molar-refractivity contribution in [1.29, 1.82) is 0 Å². The SMILES string of the molecule is NC1C2CCC(C2)C1OCCc1ccccc1. The molecule has 0 aromatic heterocycles. The highest BCUT2D eigenvalue weighted by atomic mass is 16.5. The molecule has 2 saturated carbocycles. The van der Waals surface area contributed by atoms with Crippen LogP contribution in [0.5, 0.6) is 0 Å². The Labute approximate surface area is 103 Å². The van der Waals surface area contributed by atoms with Gasteiger partial charge in [-0.2, -0.15) is 0 Å². The van der Waals surface area contributed by atoms with E-state index in [0.29, 0.717) is 12.1 Å². The van der Waals surface area contributed by atoms with Gasteiger partial charge in [-0.3, -0.25) is 0 Å². The van der Waals surface area contributed by atoms with Crippen LogP contribution in [0.4, 0.5) is 0 Å². The number of hydrogen-bond acceptors (Lipinski definition) is 2. The van der Waals surface area contributed by atoms with Gasteiger partial charge in [0.05, 0.1) is 12.7 Å². The summed E-state index contributed by atoms with van der Waals surface area (Å²) >= 11 is 0. The van der Waals surface area contributed by atoms with Gasteiger partial charge >= 0.3 is 0 Å². The summed E-state index contributed by atoms with van der Waals surface area (Å²) in [5.74, 6) is 1.48. The van der Waals surface area contributed by atoms with Crippen LogP contribution in [-0.4, -0.2) is 18.8 Å². The van der Waals surface area contributed by atoms with Crippen LogP contribution in [0, 0.1) is 11.8 Å². The molecule has 0 aliphatic heterocycles. The molecule has 17 heavy (non-hydrogen) atoms. The third kappa shape index (κ3) is 2.24. The lowest BCUT2D eigenvalue weighted by molar-refractivity contribution is 0.00627. The maximum Gasteiger partial charge on any atom is 0.0756 e. The van der Waals surface area contributed by atoms with Crippen LogP contribution < -0.4 is 5.73 Å². The summed E-state index contributed by atoms with van der Waals surface area (Å²) in [5, 5.41) is 0. The van der Waals surface area contributed by atoms with Crippen LogP contribution in [0.2, 0.25) is 0 Å². The zero-order chi connectivity index (χ0) is 11.7. The van der Waals surface area contributed by atoms with E-state index < -0.39 is 0 Å². The summed E-state index contributed by atoms with van der Waals surface area (Å²) in [6.07, 6.45) is 5.29. The first kappa shape index (κ1) is 11.2. The summed E-state index contributed by atoms with van der Waals surface area (Å²) in [4.78, 5) is 0. The van der Waals surface area contributed by atoms with Gasteiger partial charge in [-0.25, -0.2) is 0 Å². The molecular weight excluding hydrogens is 210 g/mol. The molecule has 2 nitrogen and oxygen atoms in total. The van der Waals surface area contributed by atoms with Crippen LogP contribution in [0.25, 0.3) is 0 Å². The van der Waals surface area contributed by atoms with E-state index in [9.17, 15) is 0 Å². The van der Waals surface area contributed by atoms with Gasteiger partial charge in [0.1, 0.15) is 0 Å².